The van der Waals surface area contributed by atoms with Crippen LogP contribution in [-0.2, 0) is 5.41 Å². The van der Waals surface area contributed by atoms with Gasteiger partial charge in [0, 0.05) is 44.5 Å². The Kier molecular flexibility index (Phi) is 7.22. The monoisotopic (exact) mass is 618 g/mol. The molecule has 0 saturated carbocycles. The van der Waals surface area contributed by atoms with Crippen LogP contribution in [0.4, 0.5) is 17.1 Å². The van der Waals surface area contributed by atoms with Crippen LogP contribution in [0.5, 0.6) is 0 Å². The van der Waals surface area contributed by atoms with Crippen molar-refractivity contribution in [2.24, 2.45) is 0 Å². The lowest BCUT2D eigenvalue weighted by atomic mass is 9.81. The van der Waals surface area contributed by atoms with E-state index in [4.69, 9.17) is 0 Å². The van der Waals surface area contributed by atoms with Gasteiger partial charge in [0.05, 0.1) is 11.0 Å². The minimum Gasteiger partial charge on any atom is -0.313 e. The Morgan fingerprint density at radius 1 is 0.604 bits per heavy atom. The standard InChI is InChI=1S/C46H38N2/c1-5-16-41-45(32(2)47-43-23-14-12-21-38(43)39-22-13-15-24-44(39)47)40-30-29-37(31-42(40)46(41,3)4)48(35-19-10-7-11-20-35)36-27-25-34(26-28-36)33-17-8-6-9-18-33/h5-31H,1H2,2-4H3/b41-16?,45-32+. The molecule has 0 N–H and O–H groups in total. The molecule has 48 heavy (non-hydrogen) atoms. The molecule has 7 aromatic rings. The molecule has 0 unspecified atom stereocenters. The van der Waals surface area contributed by atoms with E-state index in [1.165, 1.54) is 60.9 Å². The molecule has 2 nitrogen and oxygen atoms in total. The van der Waals surface area contributed by atoms with Gasteiger partial charge in [-0.05, 0) is 83.3 Å². The van der Waals surface area contributed by atoms with Gasteiger partial charge in [-0.25, -0.2) is 0 Å². The SMILES string of the molecule is C=CC=C1/C(=C(\C)n2c3ccccc3c3ccccc32)c2ccc(N(c3ccccc3)c3ccc(-c4ccccc4)cc3)cc2C1(C)C. The Labute approximate surface area is 283 Å². The summed E-state index contributed by atoms with van der Waals surface area (Å²) in [6, 6.07) is 54.6. The van der Waals surface area contributed by atoms with Crippen molar-refractivity contribution in [3.63, 3.8) is 0 Å². The molecule has 0 amide bonds. The predicted octanol–water partition coefficient (Wildman–Crippen LogP) is 12.7. The molecule has 0 radical (unpaired) electrons. The fourth-order valence-corrected chi connectivity index (χ4v) is 7.66. The summed E-state index contributed by atoms with van der Waals surface area (Å²) >= 11 is 0. The number of allylic oxidation sites excluding steroid dienone is 5. The van der Waals surface area contributed by atoms with Gasteiger partial charge in [-0.15, -0.1) is 0 Å². The Morgan fingerprint density at radius 3 is 1.75 bits per heavy atom. The number of aromatic nitrogens is 1. The minimum absolute atomic E-state index is 0.242. The highest BCUT2D eigenvalue weighted by Gasteiger charge is 2.40. The predicted molar refractivity (Wildman–Crippen MR) is 206 cm³/mol. The topological polar surface area (TPSA) is 8.17 Å². The number of rotatable bonds is 6. The number of para-hydroxylation sites is 3. The van der Waals surface area contributed by atoms with Gasteiger partial charge in [0.2, 0.25) is 0 Å². The Morgan fingerprint density at radius 2 is 1.12 bits per heavy atom. The average Bonchev–Trinajstić information content (AvgIpc) is 3.58. The van der Waals surface area contributed by atoms with E-state index < -0.39 is 0 Å². The van der Waals surface area contributed by atoms with Crippen LogP contribution in [0, 0.1) is 0 Å². The second-order valence-corrected chi connectivity index (χ2v) is 13.1. The van der Waals surface area contributed by atoms with Gasteiger partial charge < -0.3 is 9.47 Å². The summed E-state index contributed by atoms with van der Waals surface area (Å²) in [5.74, 6) is 0. The summed E-state index contributed by atoms with van der Waals surface area (Å²) in [5, 5.41) is 2.54. The van der Waals surface area contributed by atoms with E-state index in [1.54, 1.807) is 0 Å². The maximum atomic E-state index is 4.15. The molecule has 232 valence electrons. The largest absolute Gasteiger partial charge is 0.313 e. The first-order valence-corrected chi connectivity index (χ1v) is 16.7. The fourth-order valence-electron chi connectivity index (χ4n) is 7.66. The number of benzene rings is 6. The number of hydrogen-bond donors (Lipinski definition) is 0. The zero-order chi connectivity index (χ0) is 32.8. The van der Waals surface area contributed by atoms with E-state index in [-0.39, 0.29) is 5.41 Å². The number of hydrogen-bond acceptors (Lipinski definition) is 1. The molecule has 2 heteroatoms. The zero-order valence-corrected chi connectivity index (χ0v) is 27.7. The molecule has 0 atom stereocenters. The lowest BCUT2D eigenvalue weighted by Crippen LogP contribution is -2.17. The van der Waals surface area contributed by atoms with Crippen molar-refractivity contribution in [3.05, 3.63) is 187 Å². The lowest BCUT2D eigenvalue weighted by Gasteiger charge is -2.28. The van der Waals surface area contributed by atoms with Gasteiger partial charge in [0.25, 0.3) is 0 Å². The van der Waals surface area contributed by atoms with Gasteiger partial charge in [-0.3, -0.25) is 0 Å². The zero-order valence-electron chi connectivity index (χ0n) is 27.7. The van der Waals surface area contributed by atoms with Gasteiger partial charge >= 0.3 is 0 Å². The van der Waals surface area contributed by atoms with E-state index >= 15 is 0 Å². The Hall–Kier alpha value is -5.86. The van der Waals surface area contributed by atoms with Crippen LogP contribution in [0.25, 0.3) is 44.2 Å². The van der Waals surface area contributed by atoms with E-state index in [2.05, 4.69) is 195 Å². The van der Waals surface area contributed by atoms with Gasteiger partial charge in [0.15, 0.2) is 0 Å². The molecular formula is C46H38N2. The van der Waals surface area contributed by atoms with Crippen LogP contribution >= 0.6 is 0 Å². The number of fused-ring (bicyclic) bond motifs is 4. The molecule has 6 aromatic carbocycles. The number of nitrogens with zero attached hydrogens (tertiary/aromatic N) is 2. The highest BCUT2D eigenvalue weighted by atomic mass is 15.1. The van der Waals surface area contributed by atoms with Crippen molar-refractivity contribution in [1.29, 1.82) is 0 Å². The van der Waals surface area contributed by atoms with Gasteiger partial charge in [0.1, 0.15) is 0 Å². The summed E-state index contributed by atoms with van der Waals surface area (Å²) in [5.41, 5.74) is 14.3. The van der Waals surface area contributed by atoms with Crippen molar-refractivity contribution in [2.45, 2.75) is 26.2 Å². The first kappa shape index (κ1) is 29.5. The third-order valence-electron chi connectivity index (χ3n) is 9.96. The molecule has 1 aromatic heterocycles. The summed E-state index contributed by atoms with van der Waals surface area (Å²) < 4.78 is 2.45. The van der Waals surface area contributed by atoms with Crippen LogP contribution < -0.4 is 4.90 Å². The third-order valence-corrected chi connectivity index (χ3v) is 9.96. The summed E-state index contributed by atoms with van der Waals surface area (Å²) in [4.78, 5) is 2.36. The van der Waals surface area contributed by atoms with E-state index in [0.717, 1.165) is 17.1 Å². The molecule has 1 aliphatic carbocycles. The quantitative estimate of drug-likeness (QED) is 0.180. The van der Waals surface area contributed by atoms with Crippen molar-refractivity contribution in [1.82, 2.24) is 4.57 Å². The highest BCUT2D eigenvalue weighted by Crippen LogP contribution is 2.53. The molecule has 1 aliphatic rings. The number of anilines is 3. The maximum Gasteiger partial charge on any atom is 0.0537 e. The molecule has 0 saturated heterocycles. The molecule has 0 fully saturated rings. The van der Waals surface area contributed by atoms with E-state index in [9.17, 15) is 0 Å². The first-order valence-electron chi connectivity index (χ1n) is 16.7. The average molecular weight is 619 g/mol. The van der Waals surface area contributed by atoms with Gasteiger partial charge in [-0.1, -0.05) is 136 Å². The van der Waals surface area contributed by atoms with Crippen LogP contribution in [0.2, 0.25) is 0 Å². The second-order valence-electron chi connectivity index (χ2n) is 13.1. The first-order chi connectivity index (χ1) is 23.5. The smallest absolute Gasteiger partial charge is 0.0537 e. The van der Waals surface area contributed by atoms with Crippen molar-refractivity contribution in [3.8, 4) is 11.1 Å². The van der Waals surface area contributed by atoms with Crippen molar-refractivity contribution >= 4 is 50.1 Å². The van der Waals surface area contributed by atoms with Crippen molar-refractivity contribution in [2.75, 3.05) is 4.90 Å². The van der Waals surface area contributed by atoms with Crippen molar-refractivity contribution < 1.29 is 0 Å². The van der Waals surface area contributed by atoms with Gasteiger partial charge in [-0.2, -0.15) is 0 Å². The molecule has 0 spiro atoms. The molecule has 8 rings (SSSR count). The Balaban J connectivity index is 1.32. The van der Waals surface area contributed by atoms with Crippen LogP contribution in [0.15, 0.2) is 176 Å². The summed E-state index contributed by atoms with van der Waals surface area (Å²) in [6.45, 7) is 11.1. The Bertz CT molecular complexity index is 2320. The lowest BCUT2D eigenvalue weighted by molar-refractivity contribution is 0.661. The fraction of sp³-hybridized carbons (Fsp3) is 0.0870. The summed E-state index contributed by atoms with van der Waals surface area (Å²) in [6.07, 6.45) is 4.15. The third kappa shape index (κ3) is 4.72. The molecule has 0 aliphatic heterocycles. The highest BCUT2D eigenvalue weighted by molar-refractivity contribution is 6.12. The van der Waals surface area contributed by atoms with Crippen LogP contribution in [0.3, 0.4) is 0 Å². The minimum atomic E-state index is -0.242. The summed E-state index contributed by atoms with van der Waals surface area (Å²) in [7, 11) is 0. The van der Waals surface area contributed by atoms with Crippen LogP contribution in [-0.4, -0.2) is 4.57 Å². The molecular weight excluding hydrogens is 581 g/mol. The van der Waals surface area contributed by atoms with Crippen LogP contribution in [0.1, 0.15) is 31.9 Å². The van der Waals surface area contributed by atoms with E-state index in [1.807, 2.05) is 6.08 Å². The maximum absolute atomic E-state index is 4.15. The second kappa shape index (κ2) is 11.7. The molecule has 1 heterocycles. The molecule has 0 bridgehead atoms. The van der Waals surface area contributed by atoms with E-state index in [0.29, 0.717) is 0 Å². The normalized spacial score (nSPS) is 15.5.